The molecule has 1 aliphatic heterocycles. The zero-order valence-corrected chi connectivity index (χ0v) is 20.8. The first-order valence-electron chi connectivity index (χ1n) is 11.5. The molecule has 1 fully saturated rings. The number of pyridine rings is 1. The van der Waals surface area contributed by atoms with Gasteiger partial charge in [-0.25, -0.2) is 9.97 Å². The fourth-order valence-electron chi connectivity index (χ4n) is 4.44. The maximum Gasteiger partial charge on any atom is 0.301 e. The van der Waals surface area contributed by atoms with Crippen molar-refractivity contribution < 1.29 is 24.2 Å². The molecule has 0 radical (unpaired) electrons. The largest absolute Gasteiger partial charge is 0.505 e. The molecule has 1 saturated heterocycles. The standard InChI is InChI=1S/C26H24N4O5S/c1-4-34-17-10-9-16(14-18(17)35-5-2)22-20(24(32)25(33)30(22)26-27-11-13-36-26)23(31)21-15(3)28-19-8-6-7-12-29(19)21/h6-14,22,31H,4-5H2,1-3H3. The van der Waals surface area contributed by atoms with Crippen LogP contribution in [-0.4, -0.2) is 44.4 Å². The van der Waals surface area contributed by atoms with E-state index in [1.54, 1.807) is 59.4 Å². The van der Waals surface area contributed by atoms with E-state index in [1.807, 2.05) is 19.9 Å². The minimum absolute atomic E-state index is 0.0458. The lowest BCUT2D eigenvalue weighted by atomic mass is 9.96. The van der Waals surface area contributed by atoms with Crippen LogP contribution in [0.1, 0.15) is 36.8 Å². The molecule has 4 heterocycles. The average molecular weight is 505 g/mol. The number of aromatic nitrogens is 3. The number of thiazole rings is 1. The summed E-state index contributed by atoms with van der Waals surface area (Å²) in [7, 11) is 0. The summed E-state index contributed by atoms with van der Waals surface area (Å²) in [4.78, 5) is 36.9. The van der Waals surface area contributed by atoms with E-state index in [0.717, 1.165) is 0 Å². The van der Waals surface area contributed by atoms with Crippen molar-refractivity contribution in [2.45, 2.75) is 26.8 Å². The molecule has 1 atom stereocenters. The molecule has 184 valence electrons. The first-order chi connectivity index (χ1) is 17.5. The van der Waals surface area contributed by atoms with Gasteiger partial charge in [-0.05, 0) is 50.6 Å². The van der Waals surface area contributed by atoms with Crippen molar-refractivity contribution in [2.24, 2.45) is 0 Å². The van der Waals surface area contributed by atoms with Gasteiger partial charge in [-0.15, -0.1) is 11.3 Å². The first-order valence-corrected chi connectivity index (χ1v) is 12.4. The monoisotopic (exact) mass is 504 g/mol. The number of fused-ring (bicyclic) bond motifs is 1. The highest BCUT2D eigenvalue weighted by atomic mass is 32.1. The number of carbonyl (C=O) groups excluding carboxylic acids is 2. The van der Waals surface area contributed by atoms with Crippen LogP contribution in [0.2, 0.25) is 0 Å². The summed E-state index contributed by atoms with van der Waals surface area (Å²) < 4.78 is 13.2. The number of aryl methyl sites for hydroxylation is 1. The number of imidazole rings is 1. The Labute approximate surface area is 211 Å². The van der Waals surface area contributed by atoms with Crippen LogP contribution < -0.4 is 14.4 Å². The molecule has 1 unspecified atom stereocenters. The minimum Gasteiger partial charge on any atom is -0.505 e. The Morgan fingerprint density at radius 1 is 1.11 bits per heavy atom. The number of rotatable bonds is 7. The molecule has 10 heteroatoms. The van der Waals surface area contributed by atoms with Crippen molar-refractivity contribution >= 4 is 39.6 Å². The average Bonchev–Trinajstić information content (AvgIpc) is 3.57. The van der Waals surface area contributed by atoms with Crippen LogP contribution in [-0.2, 0) is 9.59 Å². The van der Waals surface area contributed by atoms with Gasteiger partial charge < -0.3 is 14.6 Å². The van der Waals surface area contributed by atoms with Gasteiger partial charge in [0.2, 0.25) is 0 Å². The number of amides is 1. The van der Waals surface area contributed by atoms with E-state index in [4.69, 9.17) is 9.47 Å². The maximum absolute atomic E-state index is 13.4. The first kappa shape index (κ1) is 23.6. The second-order valence-corrected chi connectivity index (χ2v) is 8.90. The van der Waals surface area contributed by atoms with Crippen molar-refractivity contribution in [2.75, 3.05) is 18.1 Å². The Morgan fingerprint density at radius 2 is 1.89 bits per heavy atom. The highest BCUT2D eigenvalue weighted by Crippen LogP contribution is 2.45. The third kappa shape index (κ3) is 3.79. The smallest absolute Gasteiger partial charge is 0.301 e. The summed E-state index contributed by atoms with van der Waals surface area (Å²) in [5, 5.41) is 13.7. The molecule has 0 saturated carbocycles. The van der Waals surface area contributed by atoms with E-state index in [1.165, 1.54) is 16.2 Å². The molecule has 36 heavy (non-hydrogen) atoms. The molecule has 5 rings (SSSR count). The van der Waals surface area contributed by atoms with Crippen molar-refractivity contribution in [3.63, 3.8) is 0 Å². The lowest BCUT2D eigenvalue weighted by Gasteiger charge is -2.24. The van der Waals surface area contributed by atoms with Gasteiger partial charge in [0, 0.05) is 17.8 Å². The topological polar surface area (TPSA) is 106 Å². The number of benzene rings is 1. The number of carbonyl (C=O) groups is 2. The zero-order valence-electron chi connectivity index (χ0n) is 20.0. The molecule has 0 spiro atoms. The van der Waals surface area contributed by atoms with Gasteiger partial charge in [-0.2, -0.15) is 0 Å². The fourth-order valence-corrected chi connectivity index (χ4v) is 5.11. The van der Waals surface area contributed by atoms with Gasteiger partial charge in [0.15, 0.2) is 22.4 Å². The number of hydrogen-bond donors (Lipinski definition) is 1. The van der Waals surface area contributed by atoms with Gasteiger partial charge in [0.05, 0.1) is 30.5 Å². The van der Waals surface area contributed by atoms with Crippen molar-refractivity contribution in [3.8, 4) is 11.5 Å². The normalized spacial score (nSPS) is 17.2. The second kappa shape index (κ2) is 9.46. The molecule has 1 amide bonds. The molecule has 9 nitrogen and oxygen atoms in total. The Kier molecular flexibility index (Phi) is 6.19. The second-order valence-electron chi connectivity index (χ2n) is 8.03. The summed E-state index contributed by atoms with van der Waals surface area (Å²) in [5.41, 5.74) is 2.02. The van der Waals surface area contributed by atoms with E-state index >= 15 is 0 Å². The quantitative estimate of drug-likeness (QED) is 0.224. The Bertz CT molecular complexity index is 1490. The molecular formula is C26H24N4O5S. The highest BCUT2D eigenvalue weighted by Gasteiger charge is 2.48. The molecule has 4 aromatic rings. The van der Waals surface area contributed by atoms with Crippen LogP contribution >= 0.6 is 11.3 Å². The number of Topliss-reactive ketones (excluding diaryl/α,β-unsaturated/α-hetero) is 1. The van der Waals surface area contributed by atoms with Crippen LogP contribution in [0, 0.1) is 6.92 Å². The van der Waals surface area contributed by atoms with E-state index in [2.05, 4.69) is 9.97 Å². The summed E-state index contributed by atoms with van der Waals surface area (Å²) in [6.45, 7) is 6.33. The summed E-state index contributed by atoms with van der Waals surface area (Å²) in [6, 6.07) is 9.75. The number of nitrogens with zero attached hydrogens (tertiary/aromatic N) is 4. The zero-order chi connectivity index (χ0) is 25.4. The number of aliphatic hydroxyl groups is 1. The van der Waals surface area contributed by atoms with Crippen molar-refractivity contribution in [3.05, 3.63) is 76.7 Å². The van der Waals surface area contributed by atoms with Gasteiger partial charge in [-0.3, -0.25) is 18.9 Å². The predicted octanol–water partition coefficient (Wildman–Crippen LogP) is 4.52. The fraction of sp³-hybridized carbons (Fsp3) is 0.231. The summed E-state index contributed by atoms with van der Waals surface area (Å²) in [6.07, 6.45) is 3.31. The summed E-state index contributed by atoms with van der Waals surface area (Å²) >= 11 is 1.23. The number of ketones is 1. The molecule has 0 aliphatic carbocycles. The number of ether oxygens (including phenoxy) is 2. The molecule has 1 aromatic carbocycles. The third-order valence-corrected chi connectivity index (χ3v) is 6.65. The predicted molar refractivity (Wildman–Crippen MR) is 136 cm³/mol. The Hall–Kier alpha value is -4.18. The van der Waals surface area contributed by atoms with E-state index in [-0.39, 0.29) is 11.3 Å². The third-order valence-electron chi connectivity index (χ3n) is 5.88. The van der Waals surface area contributed by atoms with Gasteiger partial charge in [0.1, 0.15) is 11.3 Å². The van der Waals surface area contributed by atoms with Crippen LogP contribution in [0.3, 0.4) is 0 Å². The summed E-state index contributed by atoms with van der Waals surface area (Å²) in [5.74, 6) is -0.848. The number of aliphatic hydroxyl groups excluding tert-OH is 1. The maximum atomic E-state index is 13.4. The van der Waals surface area contributed by atoms with E-state index < -0.39 is 17.7 Å². The minimum atomic E-state index is -0.931. The SMILES string of the molecule is CCOc1ccc(C2C(=C(O)c3c(C)nc4ccccn34)C(=O)C(=O)N2c2nccs2)cc1OCC. The van der Waals surface area contributed by atoms with Gasteiger partial charge in [0.25, 0.3) is 5.78 Å². The molecule has 1 N–H and O–H groups in total. The highest BCUT2D eigenvalue weighted by molar-refractivity contribution is 7.14. The van der Waals surface area contributed by atoms with Crippen molar-refractivity contribution in [1.82, 2.24) is 14.4 Å². The van der Waals surface area contributed by atoms with E-state index in [9.17, 15) is 14.7 Å². The molecular weight excluding hydrogens is 480 g/mol. The van der Waals surface area contributed by atoms with E-state index in [0.29, 0.717) is 52.4 Å². The number of hydrogen-bond acceptors (Lipinski definition) is 8. The van der Waals surface area contributed by atoms with Crippen LogP contribution in [0.25, 0.3) is 11.4 Å². The molecule has 1 aliphatic rings. The van der Waals surface area contributed by atoms with Crippen LogP contribution in [0.15, 0.2) is 59.7 Å². The van der Waals surface area contributed by atoms with Crippen molar-refractivity contribution in [1.29, 1.82) is 0 Å². The van der Waals surface area contributed by atoms with Crippen LogP contribution in [0.5, 0.6) is 11.5 Å². The Morgan fingerprint density at radius 3 is 2.61 bits per heavy atom. The Balaban J connectivity index is 1.76. The van der Waals surface area contributed by atoms with Gasteiger partial charge in [-0.1, -0.05) is 12.1 Å². The molecule has 0 bridgehead atoms. The van der Waals surface area contributed by atoms with Crippen LogP contribution in [0.4, 0.5) is 5.13 Å². The number of anilines is 1. The van der Waals surface area contributed by atoms with Gasteiger partial charge >= 0.3 is 5.91 Å². The lowest BCUT2D eigenvalue weighted by molar-refractivity contribution is -0.132. The lowest BCUT2D eigenvalue weighted by Crippen LogP contribution is -2.29. The molecule has 3 aromatic heterocycles.